The number of halogens is 1. The second-order valence-electron chi connectivity index (χ2n) is 8.15. The predicted molar refractivity (Wildman–Crippen MR) is 135 cm³/mol. The number of nitrogens with zero attached hydrogens (tertiary/aromatic N) is 2. The molecule has 2 heterocycles. The summed E-state index contributed by atoms with van der Waals surface area (Å²) in [6.45, 7) is 2.70. The van der Waals surface area contributed by atoms with Crippen molar-refractivity contribution in [3.63, 3.8) is 0 Å². The molecule has 5 rings (SSSR count). The van der Waals surface area contributed by atoms with Crippen LogP contribution in [0.25, 0.3) is 17.0 Å². The fourth-order valence-electron chi connectivity index (χ4n) is 4.17. The Labute approximate surface area is 201 Å². The highest BCUT2D eigenvalue weighted by Gasteiger charge is 2.34. The van der Waals surface area contributed by atoms with Crippen LogP contribution in [-0.2, 0) is 16.1 Å². The fourth-order valence-corrected chi connectivity index (χ4v) is 4.45. The number of rotatable bonds is 4. The lowest BCUT2D eigenvalue weighted by molar-refractivity contribution is -0.122. The molecule has 1 fully saturated rings. The lowest BCUT2D eigenvalue weighted by atomic mass is 10.1. The number of hydrogen-bond donors (Lipinski definition) is 1. The number of thiocarbonyl (C=S) groups is 1. The van der Waals surface area contributed by atoms with Gasteiger partial charge in [-0.1, -0.05) is 48.0 Å². The average Bonchev–Trinajstić information content (AvgIpc) is 3.15. The van der Waals surface area contributed by atoms with Gasteiger partial charge in [-0.05, 0) is 61.1 Å². The Morgan fingerprint density at radius 1 is 1.00 bits per heavy atom. The normalized spacial score (nSPS) is 15.3. The van der Waals surface area contributed by atoms with Gasteiger partial charge in [-0.25, -0.2) is 4.39 Å². The fraction of sp³-hybridized carbons (Fsp3) is 0.0741. The first kappa shape index (κ1) is 21.7. The summed E-state index contributed by atoms with van der Waals surface area (Å²) >= 11 is 5.23. The molecule has 34 heavy (non-hydrogen) atoms. The van der Waals surface area contributed by atoms with E-state index in [4.69, 9.17) is 12.2 Å². The van der Waals surface area contributed by atoms with Gasteiger partial charge in [-0.15, -0.1) is 0 Å². The molecule has 0 saturated carbocycles. The van der Waals surface area contributed by atoms with Crippen molar-refractivity contribution in [3.8, 4) is 0 Å². The van der Waals surface area contributed by atoms with Crippen molar-refractivity contribution in [3.05, 3.63) is 107 Å². The van der Waals surface area contributed by atoms with Crippen LogP contribution in [0.15, 0.2) is 84.6 Å². The maximum absolute atomic E-state index is 13.4. The van der Waals surface area contributed by atoms with E-state index >= 15 is 0 Å². The van der Waals surface area contributed by atoms with Crippen LogP contribution >= 0.6 is 12.2 Å². The highest BCUT2D eigenvalue weighted by Crippen LogP contribution is 2.27. The maximum atomic E-state index is 13.4. The number of aromatic nitrogens is 1. The molecule has 1 aromatic heterocycles. The monoisotopic (exact) mass is 469 g/mol. The largest absolute Gasteiger partial charge is 0.342 e. The Morgan fingerprint density at radius 3 is 2.53 bits per heavy atom. The van der Waals surface area contributed by atoms with Crippen LogP contribution in [0, 0.1) is 12.7 Å². The number of para-hydroxylation sites is 1. The number of anilines is 1. The highest BCUT2D eigenvalue weighted by atomic mass is 32.1. The van der Waals surface area contributed by atoms with Crippen molar-refractivity contribution in [1.29, 1.82) is 0 Å². The van der Waals surface area contributed by atoms with Crippen LogP contribution in [0.1, 0.15) is 16.7 Å². The summed E-state index contributed by atoms with van der Waals surface area (Å²) in [4.78, 5) is 27.3. The molecule has 1 aliphatic heterocycles. The Balaban J connectivity index is 1.56. The minimum absolute atomic E-state index is 0.0411. The topological polar surface area (TPSA) is 54.3 Å². The molecule has 0 bridgehead atoms. The lowest BCUT2D eigenvalue weighted by Gasteiger charge is -2.28. The Bertz CT molecular complexity index is 1490. The van der Waals surface area contributed by atoms with Crippen molar-refractivity contribution in [2.24, 2.45) is 0 Å². The first-order valence-electron chi connectivity index (χ1n) is 10.7. The Kier molecular flexibility index (Phi) is 5.55. The zero-order valence-corrected chi connectivity index (χ0v) is 19.1. The zero-order valence-electron chi connectivity index (χ0n) is 18.3. The molecule has 1 saturated heterocycles. The molecule has 0 spiro atoms. The van der Waals surface area contributed by atoms with Gasteiger partial charge in [0, 0.05) is 29.2 Å². The standard InChI is InChI=1S/C27H20FN3O2S/c1-17-5-4-6-18(13-17)15-30-16-19(22-7-2-3-8-24(22)30)14-23-25(32)29-27(34)31(26(23)33)21-11-9-20(28)10-12-21/h2-14,16H,15H2,1H3,(H,29,32,34)/b23-14-. The molecular formula is C27H20FN3O2S. The first-order valence-corrected chi connectivity index (χ1v) is 11.1. The smallest absolute Gasteiger partial charge is 0.270 e. The van der Waals surface area contributed by atoms with E-state index in [1.54, 1.807) is 6.08 Å². The summed E-state index contributed by atoms with van der Waals surface area (Å²) in [7, 11) is 0. The second-order valence-corrected chi connectivity index (χ2v) is 8.54. The first-order chi connectivity index (χ1) is 16.4. The number of carbonyl (C=O) groups excluding carboxylic acids is 2. The minimum atomic E-state index is -0.566. The second kappa shape index (κ2) is 8.68. The quantitative estimate of drug-likeness (QED) is 0.261. The number of fused-ring (bicyclic) bond motifs is 1. The van der Waals surface area contributed by atoms with E-state index in [9.17, 15) is 14.0 Å². The van der Waals surface area contributed by atoms with Crippen molar-refractivity contribution >= 4 is 51.8 Å². The molecule has 7 heteroatoms. The predicted octanol–water partition coefficient (Wildman–Crippen LogP) is 4.97. The number of hydrogen-bond acceptors (Lipinski definition) is 3. The van der Waals surface area contributed by atoms with E-state index in [0.717, 1.165) is 22.0 Å². The summed E-state index contributed by atoms with van der Waals surface area (Å²) in [5.74, 6) is -1.56. The number of amides is 2. The molecule has 5 nitrogen and oxygen atoms in total. The van der Waals surface area contributed by atoms with Crippen LogP contribution in [0.4, 0.5) is 10.1 Å². The molecule has 4 aromatic rings. The zero-order chi connectivity index (χ0) is 23.8. The summed E-state index contributed by atoms with van der Waals surface area (Å²) in [6.07, 6.45) is 3.53. The van der Waals surface area contributed by atoms with E-state index in [0.29, 0.717) is 12.2 Å². The molecule has 1 N–H and O–H groups in total. The maximum Gasteiger partial charge on any atom is 0.270 e. The van der Waals surface area contributed by atoms with Crippen LogP contribution in [0.2, 0.25) is 0 Å². The molecule has 0 atom stereocenters. The Morgan fingerprint density at radius 2 is 1.76 bits per heavy atom. The van der Waals surface area contributed by atoms with Crippen molar-refractivity contribution < 1.29 is 14.0 Å². The number of nitrogens with one attached hydrogen (secondary N) is 1. The third-order valence-corrected chi connectivity index (χ3v) is 6.03. The number of benzene rings is 3. The van der Waals surface area contributed by atoms with Gasteiger partial charge < -0.3 is 4.57 Å². The molecule has 2 amide bonds. The van der Waals surface area contributed by atoms with Gasteiger partial charge in [-0.3, -0.25) is 19.8 Å². The van der Waals surface area contributed by atoms with Crippen molar-refractivity contribution in [2.45, 2.75) is 13.5 Å². The number of aryl methyl sites for hydroxylation is 1. The summed E-state index contributed by atoms with van der Waals surface area (Å²) in [5, 5.41) is 3.45. The molecular weight excluding hydrogens is 449 g/mol. The van der Waals surface area contributed by atoms with Crippen LogP contribution in [0.5, 0.6) is 0 Å². The minimum Gasteiger partial charge on any atom is -0.342 e. The summed E-state index contributed by atoms with van der Waals surface area (Å²) in [6, 6.07) is 21.5. The van der Waals surface area contributed by atoms with Crippen LogP contribution < -0.4 is 10.2 Å². The van der Waals surface area contributed by atoms with Gasteiger partial charge in [0.05, 0.1) is 5.69 Å². The van der Waals surface area contributed by atoms with E-state index in [1.807, 2.05) is 36.5 Å². The summed E-state index contributed by atoms with van der Waals surface area (Å²) < 4.78 is 15.5. The van der Waals surface area contributed by atoms with E-state index in [1.165, 1.54) is 34.7 Å². The van der Waals surface area contributed by atoms with Gasteiger partial charge in [0.2, 0.25) is 0 Å². The van der Waals surface area contributed by atoms with Crippen molar-refractivity contribution in [2.75, 3.05) is 4.90 Å². The lowest BCUT2D eigenvalue weighted by Crippen LogP contribution is -2.54. The van der Waals surface area contributed by atoms with E-state index < -0.39 is 17.6 Å². The molecule has 0 radical (unpaired) electrons. The van der Waals surface area contributed by atoms with Crippen molar-refractivity contribution in [1.82, 2.24) is 9.88 Å². The molecule has 0 aliphatic carbocycles. The van der Waals surface area contributed by atoms with Gasteiger partial charge in [0.25, 0.3) is 11.8 Å². The molecule has 3 aromatic carbocycles. The van der Waals surface area contributed by atoms with Gasteiger partial charge in [0.15, 0.2) is 5.11 Å². The Hall–Kier alpha value is -4.10. The average molecular weight is 470 g/mol. The van der Waals surface area contributed by atoms with Gasteiger partial charge >= 0.3 is 0 Å². The van der Waals surface area contributed by atoms with E-state index in [-0.39, 0.29) is 10.7 Å². The van der Waals surface area contributed by atoms with Crippen LogP contribution in [-0.4, -0.2) is 21.5 Å². The molecule has 168 valence electrons. The van der Waals surface area contributed by atoms with Gasteiger partial charge in [0.1, 0.15) is 11.4 Å². The van der Waals surface area contributed by atoms with Gasteiger partial charge in [-0.2, -0.15) is 0 Å². The third kappa shape index (κ3) is 4.02. The molecule has 1 aliphatic rings. The number of carbonyl (C=O) groups is 2. The third-order valence-electron chi connectivity index (χ3n) is 5.74. The van der Waals surface area contributed by atoms with Crippen LogP contribution in [0.3, 0.4) is 0 Å². The molecule has 0 unspecified atom stereocenters. The van der Waals surface area contributed by atoms with E-state index in [2.05, 4.69) is 35.0 Å². The summed E-state index contributed by atoms with van der Waals surface area (Å²) in [5.41, 5.74) is 4.40. The highest BCUT2D eigenvalue weighted by molar-refractivity contribution is 7.80. The SMILES string of the molecule is Cc1cccc(Cn2cc(/C=C3/C(=O)NC(=S)N(c4ccc(F)cc4)C3=O)c3ccccc32)c1.